The van der Waals surface area contributed by atoms with Crippen LogP contribution in [0.2, 0.25) is 0 Å². The molecule has 1 saturated heterocycles. The summed E-state index contributed by atoms with van der Waals surface area (Å²) in [5.74, 6) is 1.26. The van der Waals surface area contributed by atoms with E-state index in [1.54, 1.807) is 17.9 Å². The van der Waals surface area contributed by atoms with E-state index in [2.05, 4.69) is 15.3 Å². The third kappa shape index (κ3) is 6.19. The molecule has 8 heteroatoms. The molecular formula is C21H35N5O3. The summed E-state index contributed by atoms with van der Waals surface area (Å²) in [7, 11) is 3.31. The van der Waals surface area contributed by atoms with Gasteiger partial charge in [-0.15, -0.1) is 5.10 Å². The third-order valence-corrected chi connectivity index (χ3v) is 6.13. The van der Waals surface area contributed by atoms with Gasteiger partial charge in [-0.2, -0.15) is 0 Å². The van der Waals surface area contributed by atoms with Crippen molar-refractivity contribution in [2.24, 2.45) is 13.0 Å². The van der Waals surface area contributed by atoms with Crippen molar-refractivity contribution in [3.05, 3.63) is 11.8 Å². The zero-order chi connectivity index (χ0) is 20.6. The number of aromatic nitrogens is 2. The Hall–Kier alpha value is -2.09. The average molecular weight is 406 g/mol. The maximum absolute atomic E-state index is 12.7. The number of hydrogen-bond donors (Lipinski definition) is 1. The maximum Gasteiger partial charge on any atom is 0.261 e. The summed E-state index contributed by atoms with van der Waals surface area (Å²) in [6.07, 6.45) is 9.99. The largest absolute Gasteiger partial charge is 0.479 e. The van der Waals surface area contributed by atoms with Crippen LogP contribution in [0.25, 0.3) is 0 Å². The molecule has 2 fully saturated rings. The first-order valence-electron chi connectivity index (χ1n) is 10.9. The lowest BCUT2D eigenvalue weighted by molar-refractivity contribution is -0.121. The second-order valence-corrected chi connectivity index (χ2v) is 8.25. The van der Waals surface area contributed by atoms with E-state index in [1.165, 1.54) is 39.2 Å². The topological polar surface area (TPSA) is 79.7 Å². The van der Waals surface area contributed by atoms with Crippen molar-refractivity contribution in [1.82, 2.24) is 24.9 Å². The Labute approximate surface area is 173 Å². The van der Waals surface area contributed by atoms with Crippen LogP contribution in [0.5, 0.6) is 5.88 Å². The summed E-state index contributed by atoms with van der Waals surface area (Å²) in [6, 6.07) is 0. The maximum atomic E-state index is 12.7. The highest BCUT2D eigenvalue weighted by Crippen LogP contribution is 2.27. The minimum atomic E-state index is -0.0365. The van der Waals surface area contributed by atoms with Crippen LogP contribution in [-0.4, -0.2) is 77.8 Å². The van der Waals surface area contributed by atoms with Gasteiger partial charge in [0, 0.05) is 58.9 Å². The van der Waals surface area contributed by atoms with E-state index in [9.17, 15) is 9.59 Å². The number of carbonyl (C=O) groups excluding carboxylic acids is 2. The lowest BCUT2D eigenvalue weighted by Gasteiger charge is -2.34. The van der Waals surface area contributed by atoms with E-state index in [1.807, 2.05) is 4.90 Å². The van der Waals surface area contributed by atoms with Crippen LogP contribution < -0.4 is 10.1 Å². The molecule has 1 aromatic rings. The van der Waals surface area contributed by atoms with Gasteiger partial charge in [-0.3, -0.25) is 19.2 Å². The van der Waals surface area contributed by atoms with Gasteiger partial charge in [0.1, 0.15) is 5.56 Å². The summed E-state index contributed by atoms with van der Waals surface area (Å²) in [6.45, 7) is 4.47. The summed E-state index contributed by atoms with van der Waals surface area (Å²) in [5.41, 5.74) is 0.508. The Balaban J connectivity index is 1.32. The van der Waals surface area contributed by atoms with E-state index < -0.39 is 0 Å². The highest BCUT2D eigenvalue weighted by atomic mass is 16.5. The Morgan fingerprint density at radius 3 is 2.59 bits per heavy atom. The van der Waals surface area contributed by atoms with E-state index >= 15 is 0 Å². The molecule has 2 aliphatic rings. The molecule has 0 spiro atoms. The highest BCUT2D eigenvalue weighted by molar-refractivity contribution is 5.96. The number of amides is 2. The van der Waals surface area contributed by atoms with Crippen LogP contribution in [0, 0.1) is 5.92 Å². The number of hydrogen-bond acceptors (Lipinski definition) is 5. The van der Waals surface area contributed by atoms with E-state index in [-0.39, 0.29) is 11.8 Å². The number of nitrogens with zero attached hydrogens (tertiary/aromatic N) is 4. The van der Waals surface area contributed by atoms with Crippen molar-refractivity contribution in [2.45, 2.75) is 44.9 Å². The fourth-order valence-corrected chi connectivity index (χ4v) is 4.36. The molecule has 0 radical (unpaired) electrons. The number of aryl methyl sites for hydroxylation is 1. The molecule has 0 atom stereocenters. The quantitative estimate of drug-likeness (QED) is 0.712. The van der Waals surface area contributed by atoms with E-state index in [0.29, 0.717) is 37.5 Å². The molecular weight excluding hydrogens is 370 g/mol. The molecule has 3 rings (SSSR count). The summed E-state index contributed by atoms with van der Waals surface area (Å²) in [4.78, 5) is 29.0. The lowest BCUT2D eigenvalue weighted by atomic mass is 9.86. The fourth-order valence-electron chi connectivity index (χ4n) is 4.36. The predicted octanol–water partition coefficient (Wildman–Crippen LogP) is 1.66. The summed E-state index contributed by atoms with van der Waals surface area (Å²) in [5, 5.41) is 7.22. The fraction of sp³-hybridized carbons (Fsp3) is 0.762. The number of carbonyl (C=O) groups is 2. The Bertz CT molecular complexity index is 676. The van der Waals surface area contributed by atoms with E-state index in [0.717, 1.165) is 32.0 Å². The van der Waals surface area contributed by atoms with Gasteiger partial charge < -0.3 is 15.0 Å². The molecule has 1 aliphatic carbocycles. The van der Waals surface area contributed by atoms with Crippen LogP contribution >= 0.6 is 0 Å². The SMILES string of the molecule is COc1nn(C)cc1C(=O)N1CCN(CCNC(=O)CCC2CCCCC2)CC1. The number of rotatable bonds is 8. The summed E-state index contributed by atoms with van der Waals surface area (Å²) < 4.78 is 6.80. The Morgan fingerprint density at radius 1 is 1.17 bits per heavy atom. The van der Waals surface area contributed by atoms with Gasteiger partial charge in [0.15, 0.2) is 0 Å². The predicted molar refractivity (Wildman–Crippen MR) is 111 cm³/mol. The van der Waals surface area contributed by atoms with Gasteiger partial charge in [0.05, 0.1) is 7.11 Å². The minimum Gasteiger partial charge on any atom is -0.479 e. The van der Waals surface area contributed by atoms with Gasteiger partial charge >= 0.3 is 0 Å². The van der Waals surface area contributed by atoms with E-state index in [4.69, 9.17) is 4.74 Å². The van der Waals surface area contributed by atoms with Crippen LogP contribution in [0.1, 0.15) is 55.3 Å². The number of methoxy groups -OCH3 is 1. The molecule has 2 amide bonds. The molecule has 0 unspecified atom stereocenters. The van der Waals surface area contributed by atoms with Gasteiger partial charge in [0.2, 0.25) is 11.8 Å². The molecule has 29 heavy (non-hydrogen) atoms. The standard InChI is InChI=1S/C21H35N5O3/c1-24-16-18(20(23-24)29-2)21(28)26-14-12-25(13-15-26)11-10-22-19(27)9-8-17-6-4-3-5-7-17/h16-17H,3-15H2,1-2H3,(H,22,27). The smallest absolute Gasteiger partial charge is 0.261 e. The lowest BCUT2D eigenvalue weighted by Crippen LogP contribution is -2.50. The van der Waals surface area contributed by atoms with Crippen molar-refractivity contribution < 1.29 is 14.3 Å². The van der Waals surface area contributed by atoms with Crippen molar-refractivity contribution >= 4 is 11.8 Å². The molecule has 0 bridgehead atoms. The van der Waals surface area contributed by atoms with Gasteiger partial charge in [-0.05, 0) is 12.3 Å². The number of nitrogens with one attached hydrogen (secondary N) is 1. The minimum absolute atomic E-state index is 0.0365. The van der Waals surface area contributed by atoms with Gasteiger partial charge in [0.25, 0.3) is 5.91 Å². The van der Waals surface area contributed by atoms with Crippen molar-refractivity contribution in [1.29, 1.82) is 0 Å². The highest BCUT2D eigenvalue weighted by Gasteiger charge is 2.26. The third-order valence-electron chi connectivity index (χ3n) is 6.13. The molecule has 8 nitrogen and oxygen atoms in total. The van der Waals surface area contributed by atoms with Crippen LogP contribution in [0.15, 0.2) is 6.20 Å². The molecule has 0 aromatic carbocycles. The molecule has 1 aromatic heterocycles. The second-order valence-electron chi connectivity index (χ2n) is 8.25. The van der Waals surface area contributed by atoms with Crippen molar-refractivity contribution in [3.63, 3.8) is 0 Å². The zero-order valence-electron chi connectivity index (χ0n) is 17.9. The Morgan fingerprint density at radius 2 is 1.90 bits per heavy atom. The molecule has 1 N–H and O–H groups in total. The van der Waals surface area contributed by atoms with Crippen molar-refractivity contribution in [3.8, 4) is 5.88 Å². The summed E-state index contributed by atoms with van der Waals surface area (Å²) >= 11 is 0. The average Bonchev–Trinajstić information content (AvgIpc) is 3.14. The zero-order valence-corrected chi connectivity index (χ0v) is 17.9. The number of piperazine rings is 1. The Kier molecular flexibility index (Phi) is 7.91. The van der Waals surface area contributed by atoms with Crippen LogP contribution in [0.4, 0.5) is 0 Å². The molecule has 1 aliphatic heterocycles. The number of ether oxygens (including phenoxy) is 1. The first-order chi connectivity index (χ1) is 14.1. The molecule has 2 heterocycles. The molecule has 1 saturated carbocycles. The van der Waals surface area contributed by atoms with Gasteiger partial charge in [-0.25, -0.2) is 0 Å². The first-order valence-corrected chi connectivity index (χ1v) is 10.9. The van der Waals surface area contributed by atoms with Gasteiger partial charge in [-0.1, -0.05) is 32.1 Å². The second kappa shape index (κ2) is 10.6. The monoisotopic (exact) mass is 405 g/mol. The van der Waals surface area contributed by atoms with Crippen molar-refractivity contribution in [2.75, 3.05) is 46.4 Å². The first kappa shape index (κ1) is 21.6. The van der Waals surface area contributed by atoms with Crippen LogP contribution in [-0.2, 0) is 11.8 Å². The van der Waals surface area contributed by atoms with Crippen LogP contribution in [0.3, 0.4) is 0 Å². The molecule has 162 valence electrons. The normalized spacial score (nSPS) is 18.6.